The Morgan fingerprint density at radius 1 is 1.21 bits per heavy atom. The second-order valence-corrected chi connectivity index (χ2v) is 5.30. The van der Waals surface area contributed by atoms with Gasteiger partial charge in [-0.3, -0.25) is 9.59 Å². The van der Waals surface area contributed by atoms with E-state index in [4.69, 9.17) is 21.1 Å². The summed E-state index contributed by atoms with van der Waals surface area (Å²) in [6, 6.07) is 10.7. The number of anilines is 1. The first kappa shape index (κ1) is 17.7. The number of esters is 1. The number of benzene rings is 2. The maximum absolute atomic E-state index is 13.5. The Hall–Kier alpha value is -2.60. The van der Waals surface area contributed by atoms with Gasteiger partial charge in [0.2, 0.25) is 0 Å². The van der Waals surface area contributed by atoms with Crippen molar-refractivity contribution in [3.63, 3.8) is 0 Å². The second-order valence-electron chi connectivity index (χ2n) is 4.86. The predicted octanol–water partition coefficient (Wildman–Crippen LogP) is 3.21. The smallest absolute Gasteiger partial charge is 0.310 e. The minimum absolute atomic E-state index is 0.00396. The van der Waals surface area contributed by atoms with E-state index in [-0.39, 0.29) is 17.1 Å². The van der Waals surface area contributed by atoms with Crippen molar-refractivity contribution in [3.05, 3.63) is 58.9 Å². The summed E-state index contributed by atoms with van der Waals surface area (Å²) in [5, 5.41) is 2.57. The monoisotopic (exact) mass is 351 g/mol. The molecule has 2 rings (SSSR count). The number of halogens is 2. The molecule has 24 heavy (non-hydrogen) atoms. The molecule has 1 amide bonds. The van der Waals surface area contributed by atoms with Crippen molar-refractivity contribution in [2.75, 3.05) is 19.0 Å². The lowest BCUT2D eigenvalue weighted by molar-refractivity contribution is -0.146. The fraction of sp³-hybridized carbons (Fsp3) is 0.176. The van der Waals surface area contributed by atoms with Crippen molar-refractivity contribution in [2.24, 2.45) is 0 Å². The van der Waals surface area contributed by atoms with E-state index in [1.54, 1.807) is 24.3 Å². The van der Waals surface area contributed by atoms with Gasteiger partial charge in [0.1, 0.15) is 11.6 Å². The van der Waals surface area contributed by atoms with Gasteiger partial charge >= 0.3 is 5.97 Å². The molecule has 2 aromatic rings. The van der Waals surface area contributed by atoms with Crippen molar-refractivity contribution >= 4 is 29.2 Å². The quantitative estimate of drug-likeness (QED) is 0.812. The Labute approximate surface area is 143 Å². The molecular formula is C17H15ClFNO4. The van der Waals surface area contributed by atoms with E-state index in [2.05, 4.69) is 5.32 Å². The fourth-order valence-corrected chi connectivity index (χ4v) is 2.10. The third kappa shape index (κ3) is 5.24. The summed E-state index contributed by atoms with van der Waals surface area (Å²) in [5.41, 5.74) is 0.622. The molecule has 0 atom stereocenters. The highest BCUT2D eigenvalue weighted by atomic mass is 35.5. The molecule has 7 heteroatoms. The predicted molar refractivity (Wildman–Crippen MR) is 87.7 cm³/mol. The fourth-order valence-electron chi connectivity index (χ4n) is 1.93. The molecule has 5 nitrogen and oxygen atoms in total. The van der Waals surface area contributed by atoms with Crippen LogP contribution < -0.4 is 10.1 Å². The minimum atomic E-state index is -0.657. The molecule has 0 aliphatic carbocycles. The largest absolute Gasteiger partial charge is 0.497 e. The Bertz CT molecular complexity index is 751. The highest BCUT2D eigenvalue weighted by Crippen LogP contribution is 2.19. The molecular weight excluding hydrogens is 337 g/mol. The molecule has 0 aromatic heterocycles. The highest BCUT2D eigenvalue weighted by Gasteiger charge is 2.11. The van der Waals surface area contributed by atoms with Gasteiger partial charge in [-0.2, -0.15) is 0 Å². The van der Waals surface area contributed by atoms with Gasteiger partial charge in [-0.25, -0.2) is 4.39 Å². The molecule has 0 spiro atoms. The van der Waals surface area contributed by atoms with E-state index in [0.29, 0.717) is 11.3 Å². The average Bonchev–Trinajstić information content (AvgIpc) is 2.56. The molecule has 0 saturated carbocycles. The van der Waals surface area contributed by atoms with Crippen molar-refractivity contribution in [2.45, 2.75) is 6.42 Å². The van der Waals surface area contributed by atoms with Gasteiger partial charge in [0, 0.05) is 5.02 Å². The van der Waals surface area contributed by atoms with Crippen LogP contribution in [0.3, 0.4) is 0 Å². The summed E-state index contributed by atoms with van der Waals surface area (Å²) in [7, 11) is 1.52. The summed E-state index contributed by atoms with van der Waals surface area (Å²) in [5.74, 6) is -1.25. The normalized spacial score (nSPS) is 10.1. The first-order chi connectivity index (χ1) is 11.5. The second kappa shape index (κ2) is 8.31. The number of ether oxygens (including phenoxy) is 2. The van der Waals surface area contributed by atoms with Crippen LogP contribution in [0.15, 0.2) is 42.5 Å². The maximum atomic E-state index is 13.5. The number of carbonyl (C=O) groups is 2. The van der Waals surface area contributed by atoms with E-state index in [9.17, 15) is 14.0 Å². The van der Waals surface area contributed by atoms with Crippen LogP contribution in [-0.2, 0) is 20.7 Å². The summed E-state index contributed by atoms with van der Waals surface area (Å²) < 4.78 is 23.4. The van der Waals surface area contributed by atoms with Crippen LogP contribution in [0.25, 0.3) is 0 Å². The van der Waals surface area contributed by atoms with Gasteiger partial charge in [-0.05, 0) is 35.9 Å². The average molecular weight is 352 g/mol. The zero-order valence-corrected chi connectivity index (χ0v) is 13.6. The highest BCUT2D eigenvalue weighted by molar-refractivity contribution is 6.30. The van der Waals surface area contributed by atoms with E-state index in [1.165, 1.54) is 19.2 Å². The Balaban J connectivity index is 1.84. The molecule has 2 aromatic carbocycles. The van der Waals surface area contributed by atoms with Crippen LogP contribution in [0.5, 0.6) is 5.75 Å². The van der Waals surface area contributed by atoms with E-state index in [0.717, 1.165) is 6.07 Å². The molecule has 0 heterocycles. The van der Waals surface area contributed by atoms with Gasteiger partial charge in [0.05, 0.1) is 19.2 Å². The molecule has 0 unspecified atom stereocenters. The molecule has 0 aliphatic heterocycles. The number of methoxy groups -OCH3 is 1. The Morgan fingerprint density at radius 2 is 2.00 bits per heavy atom. The van der Waals surface area contributed by atoms with Crippen molar-refractivity contribution < 1.29 is 23.5 Å². The van der Waals surface area contributed by atoms with E-state index < -0.39 is 24.3 Å². The number of hydrogen-bond acceptors (Lipinski definition) is 4. The van der Waals surface area contributed by atoms with E-state index in [1.807, 2.05) is 0 Å². The number of hydrogen-bond donors (Lipinski definition) is 1. The summed E-state index contributed by atoms with van der Waals surface area (Å²) in [6.45, 7) is -0.519. The van der Waals surface area contributed by atoms with Gasteiger partial charge in [0.15, 0.2) is 6.61 Å². The maximum Gasteiger partial charge on any atom is 0.310 e. The van der Waals surface area contributed by atoms with E-state index >= 15 is 0 Å². The lowest BCUT2D eigenvalue weighted by Crippen LogP contribution is -2.22. The number of rotatable bonds is 6. The summed E-state index contributed by atoms with van der Waals surface area (Å²) in [6.07, 6.45) is -0.00396. The SMILES string of the molecule is COc1cccc(CC(=O)OCC(=O)Nc2cc(Cl)ccc2F)c1. The lowest BCUT2D eigenvalue weighted by Gasteiger charge is -2.08. The Kier molecular flexibility index (Phi) is 6.14. The van der Waals surface area contributed by atoms with Gasteiger partial charge in [-0.1, -0.05) is 23.7 Å². The third-order valence-corrected chi connectivity index (χ3v) is 3.28. The molecule has 0 fully saturated rings. The molecule has 126 valence electrons. The van der Waals surface area contributed by atoms with Crippen LogP contribution in [0.2, 0.25) is 5.02 Å². The number of nitrogens with one attached hydrogen (secondary N) is 1. The van der Waals surface area contributed by atoms with Crippen molar-refractivity contribution in [1.82, 2.24) is 0 Å². The van der Waals surface area contributed by atoms with Gasteiger partial charge < -0.3 is 14.8 Å². The van der Waals surface area contributed by atoms with Crippen LogP contribution in [0, 0.1) is 5.82 Å². The summed E-state index contributed by atoms with van der Waals surface area (Å²) in [4.78, 5) is 23.5. The minimum Gasteiger partial charge on any atom is -0.497 e. The first-order valence-corrected chi connectivity index (χ1v) is 7.39. The van der Waals surface area contributed by atoms with Crippen LogP contribution in [0.1, 0.15) is 5.56 Å². The summed E-state index contributed by atoms with van der Waals surface area (Å²) >= 11 is 5.73. The van der Waals surface area contributed by atoms with Gasteiger partial charge in [0.25, 0.3) is 5.91 Å². The van der Waals surface area contributed by atoms with Crippen LogP contribution in [-0.4, -0.2) is 25.6 Å². The molecule has 1 N–H and O–H groups in total. The topological polar surface area (TPSA) is 64.6 Å². The van der Waals surface area contributed by atoms with Crippen LogP contribution >= 0.6 is 11.6 Å². The number of carbonyl (C=O) groups excluding carboxylic acids is 2. The first-order valence-electron chi connectivity index (χ1n) is 7.01. The van der Waals surface area contributed by atoms with Crippen molar-refractivity contribution in [3.8, 4) is 5.75 Å². The zero-order valence-electron chi connectivity index (χ0n) is 12.8. The molecule has 0 saturated heterocycles. The lowest BCUT2D eigenvalue weighted by atomic mass is 10.1. The third-order valence-electron chi connectivity index (χ3n) is 3.05. The zero-order chi connectivity index (χ0) is 17.5. The standard InChI is InChI=1S/C17H15ClFNO4/c1-23-13-4-2-3-11(7-13)8-17(22)24-10-16(21)20-15-9-12(18)5-6-14(15)19/h2-7,9H,8,10H2,1H3,(H,20,21). The Morgan fingerprint density at radius 3 is 2.75 bits per heavy atom. The number of amides is 1. The molecule has 0 aliphatic rings. The molecule has 0 radical (unpaired) electrons. The van der Waals surface area contributed by atoms with Crippen LogP contribution in [0.4, 0.5) is 10.1 Å². The van der Waals surface area contributed by atoms with Crippen molar-refractivity contribution in [1.29, 1.82) is 0 Å². The molecule has 0 bridgehead atoms. The van der Waals surface area contributed by atoms with Gasteiger partial charge in [-0.15, -0.1) is 0 Å².